The lowest BCUT2D eigenvalue weighted by Crippen LogP contribution is -2.49. The molecule has 1 saturated heterocycles. The van der Waals surface area contributed by atoms with E-state index in [4.69, 9.17) is 46.4 Å². The molecule has 0 bridgehead atoms. The van der Waals surface area contributed by atoms with Crippen LogP contribution in [0.2, 0.25) is 20.1 Å². The molecule has 1 aliphatic heterocycles. The van der Waals surface area contributed by atoms with Crippen LogP contribution in [0.3, 0.4) is 0 Å². The number of nitrogens with zero attached hydrogens (tertiary/aromatic N) is 4. The van der Waals surface area contributed by atoms with Crippen molar-refractivity contribution in [2.75, 3.05) is 31.1 Å². The highest BCUT2D eigenvalue weighted by atomic mass is 35.5. The predicted octanol–water partition coefficient (Wildman–Crippen LogP) is 6.62. The second-order valence-electron chi connectivity index (χ2n) is 7.60. The Morgan fingerprint density at radius 3 is 2.37 bits per heavy atom. The smallest absolute Gasteiger partial charge is 0.0785 e. The molecule has 4 nitrogen and oxygen atoms in total. The van der Waals surface area contributed by atoms with Crippen molar-refractivity contribution in [3.05, 3.63) is 80.5 Å². The van der Waals surface area contributed by atoms with E-state index >= 15 is 0 Å². The third-order valence-electron chi connectivity index (χ3n) is 5.48. The van der Waals surface area contributed by atoms with Crippen molar-refractivity contribution in [2.24, 2.45) is 0 Å². The molecule has 30 heavy (non-hydrogen) atoms. The fourth-order valence-electron chi connectivity index (χ4n) is 3.99. The van der Waals surface area contributed by atoms with E-state index in [1.54, 1.807) is 12.3 Å². The Hall–Kier alpha value is -1.43. The third-order valence-corrected chi connectivity index (χ3v) is 6.47. The lowest BCUT2D eigenvalue weighted by atomic mass is 10.0. The standard InChI is InChI=1S/C22H22Cl4N4/c1-15(30-13-19(25)11-27-30)12-28-8-9-29(21-7-6-18(24)10-20(21)26)22(14-28)16-2-4-17(23)5-3-16/h2-7,10-11,13,15,22H,8-9,12,14H2,1H3/t15?,22-/m0/s1. The zero-order chi connectivity index (χ0) is 21.3. The topological polar surface area (TPSA) is 24.3 Å². The van der Waals surface area contributed by atoms with E-state index in [-0.39, 0.29) is 12.1 Å². The molecule has 1 aromatic heterocycles. The molecule has 0 saturated carbocycles. The van der Waals surface area contributed by atoms with E-state index in [1.165, 1.54) is 5.56 Å². The van der Waals surface area contributed by atoms with E-state index in [0.29, 0.717) is 15.1 Å². The van der Waals surface area contributed by atoms with Crippen molar-refractivity contribution >= 4 is 52.1 Å². The van der Waals surface area contributed by atoms with E-state index in [2.05, 4.69) is 34.0 Å². The molecule has 1 aliphatic rings. The van der Waals surface area contributed by atoms with Gasteiger partial charge in [0, 0.05) is 42.4 Å². The fourth-order valence-corrected chi connectivity index (χ4v) is 4.78. The zero-order valence-corrected chi connectivity index (χ0v) is 19.5. The van der Waals surface area contributed by atoms with E-state index in [0.717, 1.165) is 36.9 Å². The first-order chi connectivity index (χ1) is 14.4. The maximum absolute atomic E-state index is 6.56. The van der Waals surface area contributed by atoms with Crippen LogP contribution in [0.5, 0.6) is 0 Å². The first kappa shape index (κ1) is 21.8. The molecule has 0 N–H and O–H groups in total. The zero-order valence-electron chi connectivity index (χ0n) is 16.5. The van der Waals surface area contributed by atoms with Crippen LogP contribution in [0, 0.1) is 0 Å². The lowest BCUT2D eigenvalue weighted by Gasteiger charge is -2.44. The Morgan fingerprint density at radius 2 is 1.70 bits per heavy atom. The van der Waals surface area contributed by atoms with Gasteiger partial charge in [-0.2, -0.15) is 5.10 Å². The number of halogens is 4. The summed E-state index contributed by atoms with van der Waals surface area (Å²) in [6, 6.07) is 14.1. The summed E-state index contributed by atoms with van der Waals surface area (Å²) in [4.78, 5) is 4.81. The second-order valence-corrected chi connectivity index (χ2v) is 9.32. The number of rotatable bonds is 5. The first-order valence-electron chi connectivity index (χ1n) is 9.80. The summed E-state index contributed by atoms with van der Waals surface area (Å²) >= 11 is 24.9. The second kappa shape index (κ2) is 9.37. The van der Waals surface area contributed by atoms with Gasteiger partial charge in [-0.1, -0.05) is 58.5 Å². The van der Waals surface area contributed by atoms with Gasteiger partial charge in [0.1, 0.15) is 0 Å². The maximum atomic E-state index is 6.56. The Kier molecular flexibility index (Phi) is 6.81. The van der Waals surface area contributed by atoms with Gasteiger partial charge in [-0.3, -0.25) is 9.58 Å². The summed E-state index contributed by atoms with van der Waals surface area (Å²) in [6.45, 7) is 5.66. The largest absolute Gasteiger partial charge is 0.361 e. The Morgan fingerprint density at radius 1 is 0.967 bits per heavy atom. The number of aromatic nitrogens is 2. The van der Waals surface area contributed by atoms with Crippen molar-refractivity contribution in [1.82, 2.24) is 14.7 Å². The van der Waals surface area contributed by atoms with Crippen LogP contribution >= 0.6 is 46.4 Å². The summed E-state index contributed by atoms with van der Waals surface area (Å²) in [6.07, 6.45) is 3.54. The van der Waals surface area contributed by atoms with Crippen LogP contribution in [0.15, 0.2) is 54.9 Å². The highest BCUT2D eigenvalue weighted by molar-refractivity contribution is 6.36. The number of benzene rings is 2. The van der Waals surface area contributed by atoms with Crippen LogP contribution in [-0.2, 0) is 0 Å². The number of piperazine rings is 1. The molecule has 2 atom stereocenters. The predicted molar refractivity (Wildman–Crippen MR) is 126 cm³/mol. The van der Waals surface area contributed by atoms with Crippen LogP contribution in [0.4, 0.5) is 5.69 Å². The molecule has 4 rings (SSSR count). The minimum atomic E-state index is 0.142. The van der Waals surface area contributed by atoms with Crippen LogP contribution < -0.4 is 4.90 Å². The molecule has 158 valence electrons. The van der Waals surface area contributed by atoms with Crippen LogP contribution in [0.25, 0.3) is 0 Å². The van der Waals surface area contributed by atoms with E-state index < -0.39 is 0 Å². The summed E-state index contributed by atoms with van der Waals surface area (Å²) in [5.74, 6) is 0. The first-order valence-corrected chi connectivity index (χ1v) is 11.3. The van der Waals surface area contributed by atoms with Gasteiger partial charge in [0.05, 0.1) is 34.0 Å². The summed E-state index contributed by atoms with van der Waals surface area (Å²) < 4.78 is 1.92. The Labute approximate surface area is 196 Å². The summed E-state index contributed by atoms with van der Waals surface area (Å²) in [5.41, 5.74) is 2.19. The molecular weight excluding hydrogens is 462 g/mol. The summed E-state index contributed by atoms with van der Waals surface area (Å²) in [5, 5.41) is 7.04. The van der Waals surface area contributed by atoms with Crippen LogP contribution in [-0.4, -0.2) is 40.9 Å². The molecule has 8 heteroatoms. The average molecular weight is 484 g/mol. The number of hydrogen-bond acceptors (Lipinski definition) is 3. The lowest BCUT2D eigenvalue weighted by molar-refractivity contribution is 0.193. The maximum Gasteiger partial charge on any atom is 0.0785 e. The molecule has 1 unspecified atom stereocenters. The molecule has 1 fully saturated rings. The average Bonchev–Trinajstić information content (AvgIpc) is 3.15. The Balaban J connectivity index is 1.59. The van der Waals surface area contributed by atoms with Gasteiger partial charge in [-0.05, 0) is 42.8 Å². The SMILES string of the molecule is CC(CN1CCN(c2ccc(Cl)cc2Cl)[C@H](c2ccc(Cl)cc2)C1)n1cc(Cl)cn1. The van der Waals surface area contributed by atoms with Gasteiger partial charge in [0.25, 0.3) is 0 Å². The van der Waals surface area contributed by atoms with Gasteiger partial charge in [0.2, 0.25) is 0 Å². The summed E-state index contributed by atoms with van der Waals surface area (Å²) in [7, 11) is 0. The van der Waals surface area contributed by atoms with Crippen molar-refractivity contribution in [3.8, 4) is 0 Å². The van der Waals surface area contributed by atoms with Crippen molar-refractivity contribution in [3.63, 3.8) is 0 Å². The molecule has 0 amide bonds. The monoisotopic (exact) mass is 482 g/mol. The third kappa shape index (κ3) is 4.90. The van der Waals surface area contributed by atoms with Gasteiger partial charge in [0.15, 0.2) is 0 Å². The minimum Gasteiger partial charge on any atom is -0.361 e. The molecule has 0 radical (unpaired) electrons. The molecular formula is C22H22Cl4N4. The van der Waals surface area contributed by atoms with Crippen molar-refractivity contribution in [1.29, 1.82) is 0 Å². The van der Waals surface area contributed by atoms with Gasteiger partial charge < -0.3 is 4.90 Å². The molecule has 2 heterocycles. The van der Waals surface area contributed by atoms with Crippen molar-refractivity contribution < 1.29 is 0 Å². The quantitative estimate of drug-likeness (QED) is 0.407. The van der Waals surface area contributed by atoms with Gasteiger partial charge in [-0.25, -0.2) is 0 Å². The Bertz CT molecular complexity index is 1000. The number of anilines is 1. The highest BCUT2D eigenvalue weighted by Crippen LogP contribution is 2.37. The fraction of sp³-hybridized carbons (Fsp3) is 0.318. The van der Waals surface area contributed by atoms with Crippen molar-refractivity contribution in [2.45, 2.75) is 19.0 Å². The molecule has 2 aromatic carbocycles. The van der Waals surface area contributed by atoms with E-state index in [1.807, 2.05) is 35.1 Å². The molecule has 3 aromatic rings. The molecule has 0 aliphatic carbocycles. The van der Waals surface area contributed by atoms with Gasteiger partial charge >= 0.3 is 0 Å². The highest BCUT2D eigenvalue weighted by Gasteiger charge is 2.30. The van der Waals surface area contributed by atoms with Gasteiger partial charge in [-0.15, -0.1) is 0 Å². The van der Waals surface area contributed by atoms with Crippen LogP contribution in [0.1, 0.15) is 24.6 Å². The number of hydrogen-bond donors (Lipinski definition) is 0. The van der Waals surface area contributed by atoms with E-state index in [9.17, 15) is 0 Å². The normalized spacial score (nSPS) is 18.6. The minimum absolute atomic E-state index is 0.142. The molecule has 0 spiro atoms.